The maximum absolute atomic E-state index is 12.9. The lowest BCUT2D eigenvalue weighted by molar-refractivity contribution is -0.167. The second-order valence-electron chi connectivity index (χ2n) is 18.4. The van der Waals surface area contributed by atoms with Crippen LogP contribution in [0.25, 0.3) is 0 Å². The Morgan fingerprint density at radius 1 is 0.304 bits per heavy atom. The maximum Gasteiger partial charge on any atom is 0.306 e. The molecule has 0 spiro atoms. The van der Waals surface area contributed by atoms with Gasteiger partial charge in [0.2, 0.25) is 0 Å². The average molecular weight is 958 g/mol. The van der Waals surface area contributed by atoms with E-state index in [1.807, 2.05) is 0 Å². The monoisotopic (exact) mass is 957 g/mol. The lowest BCUT2D eigenvalue weighted by Crippen LogP contribution is -2.30. The number of hydrogen-bond donors (Lipinski definition) is 0. The van der Waals surface area contributed by atoms with Crippen LogP contribution in [0.1, 0.15) is 252 Å². The number of rotatable bonds is 50. The molecule has 1 unspecified atom stereocenters. The lowest BCUT2D eigenvalue weighted by Gasteiger charge is -2.18. The molecule has 0 bridgehead atoms. The molecular formula is C63H104O6. The van der Waals surface area contributed by atoms with Crippen LogP contribution in [-0.2, 0) is 28.6 Å². The molecule has 0 amide bonds. The van der Waals surface area contributed by atoms with Gasteiger partial charge in [-0.15, -0.1) is 0 Å². The van der Waals surface area contributed by atoms with Crippen molar-refractivity contribution in [2.45, 2.75) is 258 Å². The summed E-state index contributed by atoms with van der Waals surface area (Å²) < 4.78 is 16.8. The van der Waals surface area contributed by atoms with Crippen molar-refractivity contribution in [3.8, 4) is 0 Å². The summed E-state index contributed by atoms with van der Waals surface area (Å²) in [6, 6.07) is 0. The number of carbonyl (C=O) groups excluding carboxylic acids is 3. The standard InChI is InChI=1S/C63H104O6/c1-4-7-10-13-16-19-22-25-27-29-31-33-35-38-41-44-47-50-53-56-62(65)68-59-60(58-67-61(64)55-52-49-46-43-40-37-24-21-18-15-12-9-6-3)69-63(66)57-54-51-48-45-42-39-36-34-32-30-28-26-23-20-17-14-11-8-5-2/h7-8,10-11,16-17,19-20,25-28,31-34,38,41,60H,4-6,9,12-15,18,21-24,29-30,35-37,39-40,42-59H2,1-3H3/b10-7-,11-8-,19-16-,20-17-,27-25-,28-26-,33-31-,34-32-,41-38-. The van der Waals surface area contributed by atoms with E-state index in [0.29, 0.717) is 19.3 Å². The second kappa shape index (κ2) is 56.7. The summed E-state index contributed by atoms with van der Waals surface area (Å²) in [4.78, 5) is 38.1. The molecule has 0 N–H and O–H groups in total. The molecule has 69 heavy (non-hydrogen) atoms. The Bertz CT molecular complexity index is 1420. The minimum Gasteiger partial charge on any atom is -0.462 e. The summed E-state index contributed by atoms with van der Waals surface area (Å²) in [5, 5.41) is 0. The number of allylic oxidation sites excluding steroid dienone is 18. The van der Waals surface area contributed by atoms with E-state index < -0.39 is 6.10 Å². The normalized spacial score (nSPS) is 12.9. The summed E-state index contributed by atoms with van der Waals surface area (Å²) in [6.07, 6.45) is 76.4. The van der Waals surface area contributed by atoms with Crippen LogP contribution < -0.4 is 0 Å². The fraction of sp³-hybridized carbons (Fsp3) is 0.667. The molecule has 6 heteroatoms. The van der Waals surface area contributed by atoms with Gasteiger partial charge in [0, 0.05) is 19.3 Å². The Hall–Kier alpha value is -3.93. The van der Waals surface area contributed by atoms with E-state index in [9.17, 15) is 14.4 Å². The Kier molecular flexibility index (Phi) is 53.4. The fourth-order valence-electron chi connectivity index (χ4n) is 7.58. The molecule has 0 aromatic heterocycles. The molecule has 0 rings (SSSR count). The van der Waals surface area contributed by atoms with E-state index in [-0.39, 0.29) is 31.1 Å². The number of esters is 3. The molecule has 0 heterocycles. The molecule has 0 aliphatic rings. The molecule has 0 radical (unpaired) electrons. The highest BCUT2D eigenvalue weighted by molar-refractivity contribution is 5.71. The van der Waals surface area contributed by atoms with Crippen LogP contribution in [0.4, 0.5) is 0 Å². The topological polar surface area (TPSA) is 78.9 Å². The highest BCUT2D eigenvalue weighted by atomic mass is 16.6. The van der Waals surface area contributed by atoms with Crippen LogP contribution in [0.15, 0.2) is 109 Å². The zero-order valence-electron chi connectivity index (χ0n) is 44.8. The first kappa shape index (κ1) is 65.1. The van der Waals surface area contributed by atoms with Gasteiger partial charge in [0.15, 0.2) is 6.10 Å². The van der Waals surface area contributed by atoms with E-state index >= 15 is 0 Å². The quantitative estimate of drug-likeness (QED) is 0.0262. The lowest BCUT2D eigenvalue weighted by atomic mass is 10.0. The van der Waals surface area contributed by atoms with Gasteiger partial charge in [-0.25, -0.2) is 0 Å². The first-order chi connectivity index (χ1) is 34.0. The number of ether oxygens (including phenoxy) is 3. The van der Waals surface area contributed by atoms with Gasteiger partial charge in [-0.1, -0.05) is 239 Å². The van der Waals surface area contributed by atoms with Crippen LogP contribution >= 0.6 is 0 Å². The van der Waals surface area contributed by atoms with Crippen molar-refractivity contribution in [1.29, 1.82) is 0 Å². The van der Waals surface area contributed by atoms with Gasteiger partial charge < -0.3 is 14.2 Å². The highest BCUT2D eigenvalue weighted by Gasteiger charge is 2.19. The van der Waals surface area contributed by atoms with Gasteiger partial charge in [0.25, 0.3) is 0 Å². The Labute approximate surface area is 425 Å². The predicted octanol–water partition coefficient (Wildman–Crippen LogP) is 19.1. The van der Waals surface area contributed by atoms with Gasteiger partial charge in [-0.05, 0) is 103 Å². The van der Waals surface area contributed by atoms with Crippen molar-refractivity contribution < 1.29 is 28.6 Å². The molecule has 0 fully saturated rings. The number of hydrogen-bond acceptors (Lipinski definition) is 6. The van der Waals surface area contributed by atoms with Crippen molar-refractivity contribution in [3.63, 3.8) is 0 Å². The van der Waals surface area contributed by atoms with Crippen LogP contribution in [-0.4, -0.2) is 37.2 Å². The van der Waals surface area contributed by atoms with Crippen LogP contribution in [0, 0.1) is 0 Å². The third-order valence-corrected chi connectivity index (χ3v) is 11.8. The molecule has 1 atom stereocenters. The Balaban J connectivity index is 4.47. The molecule has 0 aliphatic carbocycles. The van der Waals surface area contributed by atoms with Crippen molar-refractivity contribution in [1.82, 2.24) is 0 Å². The second-order valence-corrected chi connectivity index (χ2v) is 18.4. The van der Waals surface area contributed by atoms with Gasteiger partial charge in [0.05, 0.1) is 0 Å². The Morgan fingerprint density at radius 3 is 0.899 bits per heavy atom. The maximum atomic E-state index is 12.9. The third-order valence-electron chi connectivity index (χ3n) is 11.8. The third kappa shape index (κ3) is 54.9. The van der Waals surface area contributed by atoms with Crippen LogP contribution in [0.5, 0.6) is 0 Å². The van der Waals surface area contributed by atoms with E-state index in [4.69, 9.17) is 14.2 Å². The molecule has 392 valence electrons. The smallest absolute Gasteiger partial charge is 0.306 e. The molecule has 0 aromatic rings. The summed E-state index contributed by atoms with van der Waals surface area (Å²) in [5.74, 6) is -0.941. The highest BCUT2D eigenvalue weighted by Crippen LogP contribution is 2.15. The molecule has 6 nitrogen and oxygen atoms in total. The largest absolute Gasteiger partial charge is 0.462 e. The first-order valence-corrected chi connectivity index (χ1v) is 28.4. The van der Waals surface area contributed by atoms with Gasteiger partial charge in [-0.3, -0.25) is 14.4 Å². The summed E-state index contributed by atoms with van der Waals surface area (Å²) in [7, 11) is 0. The van der Waals surface area contributed by atoms with Gasteiger partial charge >= 0.3 is 17.9 Å². The zero-order valence-corrected chi connectivity index (χ0v) is 44.8. The van der Waals surface area contributed by atoms with Crippen molar-refractivity contribution in [2.24, 2.45) is 0 Å². The van der Waals surface area contributed by atoms with E-state index in [1.165, 1.54) is 77.0 Å². The Morgan fingerprint density at radius 2 is 0.565 bits per heavy atom. The number of carbonyl (C=O) groups is 3. The van der Waals surface area contributed by atoms with E-state index in [2.05, 4.69) is 130 Å². The molecule has 0 aliphatic heterocycles. The minimum absolute atomic E-state index is 0.0944. The van der Waals surface area contributed by atoms with Crippen LogP contribution in [0.3, 0.4) is 0 Å². The van der Waals surface area contributed by atoms with Crippen molar-refractivity contribution >= 4 is 17.9 Å². The molecule has 0 aromatic carbocycles. The zero-order chi connectivity index (χ0) is 50.0. The van der Waals surface area contributed by atoms with Crippen molar-refractivity contribution in [3.05, 3.63) is 109 Å². The average Bonchev–Trinajstić information content (AvgIpc) is 3.35. The summed E-state index contributed by atoms with van der Waals surface area (Å²) in [6.45, 7) is 6.38. The van der Waals surface area contributed by atoms with Gasteiger partial charge in [0.1, 0.15) is 13.2 Å². The minimum atomic E-state index is -0.800. The fourth-order valence-corrected chi connectivity index (χ4v) is 7.58. The van der Waals surface area contributed by atoms with Crippen LogP contribution in [0.2, 0.25) is 0 Å². The van der Waals surface area contributed by atoms with E-state index in [0.717, 1.165) is 135 Å². The van der Waals surface area contributed by atoms with Gasteiger partial charge in [-0.2, -0.15) is 0 Å². The SMILES string of the molecule is CC/C=C\C/C=C\C/C=C\C/C=C\C/C=C\CCCCCC(=O)OCC(COC(=O)CCCCCCCCCCCCCCC)OC(=O)CCCCCCCC/C=C\C/C=C\C/C=C\C/C=C\CC. The molecule has 0 saturated heterocycles. The summed E-state index contributed by atoms with van der Waals surface area (Å²) >= 11 is 0. The summed E-state index contributed by atoms with van der Waals surface area (Å²) in [5.41, 5.74) is 0. The first-order valence-electron chi connectivity index (χ1n) is 28.4. The number of unbranched alkanes of at least 4 members (excludes halogenated alkanes) is 21. The van der Waals surface area contributed by atoms with E-state index in [1.54, 1.807) is 0 Å². The molecular weight excluding hydrogens is 853 g/mol. The van der Waals surface area contributed by atoms with Crippen molar-refractivity contribution in [2.75, 3.05) is 13.2 Å². The molecule has 0 saturated carbocycles. The predicted molar refractivity (Wildman–Crippen MR) is 297 cm³/mol.